The number of nitrogens with zero attached hydrogens (tertiary/aromatic N) is 1. The number of benzene rings is 1. The van der Waals surface area contributed by atoms with Gasteiger partial charge in [0.15, 0.2) is 0 Å². The first-order valence-electron chi connectivity index (χ1n) is 8.07. The molecule has 2 aliphatic rings. The predicted octanol–water partition coefficient (Wildman–Crippen LogP) is 2.15. The predicted molar refractivity (Wildman–Crippen MR) is 85.4 cm³/mol. The fourth-order valence-electron chi connectivity index (χ4n) is 3.62. The summed E-state index contributed by atoms with van der Waals surface area (Å²) in [5, 5.41) is 6.46. The van der Waals surface area contributed by atoms with Crippen molar-refractivity contribution in [2.24, 2.45) is 0 Å². The van der Waals surface area contributed by atoms with Crippen molar-refractivity contribution in [3.63, 3.8) is 0 Å². The summed E-state index contributed by atoms with van der Waals surface area (Å²) in [6.45, 7) is 4.84. The summed E-state index contributed by atoms with van der Waals surface area (Å²) in [6, 6.07) is 9.02. The van der Waals surface area contributed by atoms with E-state index in [0.29, 0.717) is 18.6 Å². The van der Waals surface area contributed by atoms with Crippen molar-refractivity contribution in [2.45, 2.75) is 44.7 Å². The standard InChI is InChI=1S/C17H25N3O/c1-13-6-2-3-7-14(13)19-17(21)12-18-15-9-11-20-10-5-4-8-16(15)20/h2-3,6-7,15-16,18H,4-5,8-12H2,1H3,(H,19,21). The number of rotatable bonds is 4. The topological polar surface area (TPSA) is 44.4 Å². The zero-order chi connectivity index (χ0) is 14.7. The molecule has 1 amide bonds. The van der Waals surface area contributed by atoms with E-state index in [2.05, 4.69) is 15.5 Å². The summed E-state index contributed by atoms with van der Waals surface area (Å²) in [5.74, 6) is 0.0542. The number of hydrogen-bond acceptors (Lipinski definition) is 3. The fraction of sp³-hybridized carbons (Fsp3) is 0.588. The molecule has 2 unspecified atom stereocenters. The maximum absolute atomic E-state index is 12.1. The normalized spacial score (nSPS) is 25.6. The number of carbonyl (C=O) groups excluding carboxylic acids is 1. The van der Waals surface area contributed by atoms with Crippen LogP contribution in [0.2, 0.25) is 0 Å². The van der Waals surface area contributed by atoms with Gasteiger partial charge in [-0.15, -0.1) is 0 Å². The monoisotopic (exact) mass is 287 g/mol. The van der Waals surface area contributed by atoms with Gasteiger partial charge < -0.3 is 10.6 Å². The van der Waals surface area contributed by atoms with Gasteiger partial charge in [-0.2, -0.15) is 0 Å². The van der Waals surface area contributed by atoms with E-state index in [0.717, 1.165) is 11.3 Å². The van der Waals surface area contributed by atoms with Gasteiger partial charge in [-0.25, -0.2) is 0 Å². The number of carbonyl (C=O) groups is 1. The van der Waals surface area contributed by atoms with E-state index >= 15 is 0 Å². The first kappa shape index (κ1) is 14.5. The molecule has 0 saturated carbocycles. The van der Waals surface area contributed by atoms with Crippen LogP contribution in [0.5, 0.6) is 0 Å². The Balaban J connectivity index is 1.49. The molecule has 3 rings (SSSR count). The quantitative estimate of drug-likeness (QED) is 0.892. The zero-order valence-electron chi connectivity index (χ0n) is 12.8. The summed E-state index contributed by atoms with van der Waals surface area (Å²) in [6.07, 6.45) is 5.10. The van der Waals surface area contributed by atoms with E-state index in [-0.39, 0.29) is 5.91 Å². The Morgan fingerprint density at radius 1 is 1.24 bits per heavy atom. The van der Waals surface area contributed by atoms with Gasteiger partial charge in [-0.05, 0) is 44.4 Å². The van der Waals surface area contributed by atoms with E-state index in [1.807, 2.05) is 31.2 Å². The smallest absolute Gasteiger partial charge is 0.238 e. The molecular formula is C17H25N3O. The first-order valence-corrected chi connectivity index (χ1v) is 8.07. The third-order valence-corrected chi connectivity index (χ3v) is 4.80. The van der Waals surface area contributed by atoms with Crippen LogP contribution < -0.4 is 10.6 Å². The van der Waals surface area contributed by atoms with E-state index in [4.69, 9.17) is 0 Å². The second-order valence-electron chi connectivity index (χ2n) is 6.24. The summed E-state index contributed by atoms with van der Waals surface area (Å²) in [7, 11) is 0. The maximum atomic E-state index is 12.1. The molecule has 0 aromatic heterocycles. The summed E-state index contributed by atoms with van der Waals surface area (Å²) >= 11 is 0. The van der Waals surface area contributed by atoms with Crippen LogP contribution in [0.4, 0.5) is 5.69 Å². The lowest BCUT2D eigenvalue weighted by Crippen LogP contribution is -2.46. The molecule has 1 aromatic rings. The van der Waals surface area contributed by atoms with Crippen molar-refractivity contribution >= 4 is 11.6 Å². The average molecular weight is 287 g/mol. The minimum atomic E-state index is 0.0542. The van der Waals surface area contributed by atoms with E-state index in [1.165, 1.54) is 38.8 Å². The van der Waals surface area contributed by atoms with Crippen molar-refractivity contribution in [2.75, 3.05) is 25.0 Å². The van der Waals surface area contributed by atoms with Crippen molar-refractivity contribution in [1.82, 2.24) is 10.2 Å². The Kier molecular flexibility index (Phi) is 4.56. The molecular weight excluding hydrogens is 262 g/mol. The van der Waals surface area contributed by atoms with Gasteiger partial charge in [0.05, 0.1) is 6.54 Å². The van der Waals surface area contributed by atoms with Crippen LogP contribution in [0, 0.1) is 6.92 Å². The van der Waals surface area contributed by atoms with Crippen LogP contribution in [-0.4, -0.2) is 42.5 Å². The average Bonchev–Trinajstić information content (AvgIpc) is 2.91. The van der Waals surface area contributed by atoms with Gasteiger partial charge in [0.2, 0.25) is 5.91 Å². The Hall–Kier alpha value is -1.39. The van der Waals surface area contributed by atoms with Crippen LogP contribution in [-0.2, 0) is 4.79 Å². The Morgan fingerprint density at radius 2 is 2.10 bits per heavy atom. The fourth-order valence-corrected chi connectivity index (χ4v) is 3.62. The number of nitrogens with one attached hydrogen (secondary N) is 2. The highest BCUT2D eigenvalue weighted by Crippen LogP contribution is 2.26. The van der Waals surface area contributed by atoms with Crippen LogP contribution in [0.25, 0.3) is 0 Å². The number of amides is 1. The van der Waals surface area contributed by atoms with E-state index in [9.17, 15) is 4.79 Å². The van der Waals surface area contributed by atoms with Crippen molar-refractivity contribution in [3.05, 3.63) is 29.8 Å². The first-order chi connectivity index (χ1) is 10.2. The zero-order valence-corrected chi connectivity index (χ0v) is 12.8. The van der Waals surface area contributed by atoms with Gasteiger partial charge >= 0.3 is 0 Å². The van der Waals surface area contributed by atoms with Crippen LogP contribution >= 0.6 is 0 Å². The second kappa shape index (κ2) is 6.58. The van der Waals surface area contributed by atoms with Gasteiger partial charge in [0.25, 0.3) is 0 Å². The minimum absolute atomic E-state index is 0.0542. The molecule has 0 radical (unpaired) electrons. The minimum Gasteiger partial charge on any atom is -0.325 e. The van der Waals surface area contributed by atoms with Crippen molar-refractivity contribution in [1.29, 1.82) is 0 Å². The molecule has 1 aromatic carbocycles. The largest absolute Gasteiger partial charge is 0.325 e. The number of anilines is 1. The van der Waals surface area contributed by atoms with Gasteiger partial charge in [-0.3, -0.25) is 9.69 Å². The number of para-hydroxylation sites is 1. The molecule has 4 nitrogen and oxygen atoms in total. The Bertz CT molecular complexity index is 503. The molecule has 2 fully saturated rings. The molecule has 0 aliphatic carbocycles. The summed E-state index contributed by atoms with van der Waals surface area (Å²) < 4.78 is 0. The highest BCUT2D eigenvalue weighted by molar-refractivity contribution is 5.92. The van der Waals surface area contributed by atoms with Crippen molar-refractivity contribution in [3.8, 4) is 0 Å². The molecule has 0 bridgehead atoms. The van der Waals surface area contributed by atoms with Gasteiger partial charge in [0, 0.05) is 24.3 Å². The SMILES string of the molecule is Cc1ccccc1NC(=O)CNC1CCN2CCCCC12. The molecule has 21 heavy (non-hydrogen) atoms. The lowest BCUT2D eigenvalue weighted by Gasteiger charge is -2.32. The van der Waals surface area contributed by atoms with Crippen LogP contribution in [0.1, 0.15) is 31.2 Å². The molecule has 2 saturated heterocycles. The van der Waals surface area contributed by atoms with E-state index in [1.54, 1.807) is 0 Å². The maximum Gasteiger partial charge on any atom is 0.238 e. The van der Waals surface area contributed by atoms with Crippen molar-refractivity contribution < 1.29 is 4.79 Å². The number of hydrogen-bond donors (Lipinski definition) is 2. The summed E-state index contributed by atoms with van der Waals surface area (Å²) in [4.78, 5) is 14.7. The Labute approximate surface area is 126 Å². The number of aryl methyl sites for hydroxylation is 1. The van der Waals surface area contributed by atoms with Gasteiger partial charge in [-0.1, -0.05) is 24.6 Å². The number of fused-ring (bicyclic) bond motifs is 1. The third-order valence-electron chi connectivity index (χ3n) is 4.80. The highest BCUT2D eigenvalue weighted by atomic mass is 16.1. The molecule has 2 heterocycles. The lowest BCUT2D eigenvalue weighted by molar-refractivity contribution is -0.115. The molecule has 2 aliphatic heterocycles. The van der Waals surface area contributed by atoms with Crippen LogP contribution in [0.3, 0.4) is 0 Å². The molecule has 0 spiro atoms. The Morgan fingerprint density at radius 3 is 2.95 bits per heavy atom. The number of piperidine rings is 1. The molecule has 2 atom stereocenters. The lowest BCUT2D eigenvalue weighted by atomic mass is 9.99. The molecule has 4 heteroatoms. The van der Waals surface area contributed by atoms with Crippen LogP contribution in [0.15, 0.2) is 24.3 Å². The summed E-state index contributed by atoms with van der Waals surface area (Å²) in [5.41, 5.74) is 2.01. The van der Waals surface area contributed by atoms with Gasteiger partial charge in [0.1, 0.15) is 0 Å². The molecule has 2 N–H and O–H groups in total. The second-order valence-corrected chi connectivity index (χ2v) is 6.24. The highest BCUT2D eigenvalue weighted by Gasteiger charge is 2.35. The third kappa shape index (κ3) is 3.44. The molecule has 114 valence electrons. The van der Waals surface area contributed by atoms with E-state index < -0.39 is 0 Å².